The molecular formula is C25H28. The van der Waals surface area contributed by atoms with Gasteiger partial charge < -0.3 is 0 Å². The van der Waals surface area contributed by atoms with Crippen molar-refractivity contribution in [1.82, 2.24) is 0 Å². The minimum absolute atomic E-state index is 1.08. The van der Waals surface area contributed by atoms with Crippen LogP contribution < -0.4 is 0 Å². The van der Waals surface area contributed by atoms with Crippen molar-refractivity contribution in [2.75, 3.05) is 0 Å². The fourth-order valence-electron chi connectivity index (χ4n) is 3.14. The second-order valence-corrected chi connectivity index (χ2v) is 6.76. The van der Waals surface area contributed by atoms with Crippen LogP contribution >= 0.6 is 0 Å². The van der Waals surface area contributed by atoms with E-state index >= 15 is 0 Å². The summed E-state index contributed by atoms with van der Waals surface area (Å²) in [6.45, 7) is 18.7. The van der Waals surface area contributed by atoms with Gasteiger partial charge in [0.1, 0.15) is 0 Å². The zero-order valence-electron chi connectivity index (χ0n) is 16.1. The molecule has 0 unspecified atom stereocenters. The minimum atomic E-state index is 1.08. The fourth-order valence-corrected chi connectivity index (χ4v) is 3.14. The van der Waals surface area contributed by atoms with Crippen molar-refractivity contribution >= 4 is 16.7 Å². The Morgan fingerprint density at radius 1 is 0.920 bits per heavy atom. The quantitative estimate of drug-likeness (QED) is 0.396. The normalized spacial score (nSPS) is 12.6. The Hall–Kier alpha value is -2.60. The molecule has 0 heterocycles. The third-order valence-electron chi connectivity index (χ3n) is 4.59. The van der Waals surface area contributed by atoms with Gasteiger partial charge in [0.2, 0.25) is 0 Å². The molecule has 0 atom stereocenters. The number of rotatable bonds is 5. The van der Waals surface area contributed by atoms with Crippen LogP contribution in [0.2, 0.25) is 0 Å². The highest BCUT2D eigenvalue weighted by Crippen LogP contribution is 2.34. The summed E-state index contributed by atoms with van der Waals surface area (Å²) in [5.74, 6) is 0. The summed E-state index contributed by atoms with van der Waals surface area (Å²) in [6, 6.07) is 15.3. The average Bonchev–Trinajstić information content (AvgIpc) is 2.58. The zero-order valence-corrected chi connectivity index (χ0v) is 16.1. The first kappa shape index (κ1) is 18.7. The molecule has 2 rings (SSSR count). The monoisotopic (exact) mass is 328 g/mol. The Morgan fingerprint density at radius 2 is 1.60 bits per heavy atom. The molecule has 0 aliphatic carbocycles. The van der Waals surface area contributed by atoms with Crippen molar-refractivity contribution in [2.24, 2.45) is 0 Å². The summed E-state index contributed by atoms with van der Waals surface area (Å²) in [6.07, 6.45) is 3.95. The van der Waals surface area contributed by atoms with E-state index in [9.17, 15) is 0 Å². The van der Waals surface area contributed by atoms with Gasteiger partial charge in [-0.25, -0.2) is 0 Å². The van der Waals surface area contributed by atoms with Crippen LogP contribution in [0.25, 0.3) is 16.7 Å². The van der Waals surface area contributed by atoms with Crippen LogP contribution in [-0.2, 0) is 0 Å². The molecule has 0 nitrogen and oxygen atoms in total. The van der Waals surface area contributed by atoms with Gasteiger partial charge in [-0.15, -0.1) is 0 Å². The number of allylic oxidation sites excluding steroid dienone is 6. The van der Waals surface area contributed by atoms with Gasteiger partial charge in [0.15, 0.2) is 0 Å². The molecule has 128 valence electrons. The van der Waals surface area contributed by atoms with Crippen LogP contribution in [0.4, 0.5) is 0 Å². The van der Waals surface area contributed by atoms with Crippen LogP contribution in [0.3, 0.4) is 0 Å². The standard InChI is InChI=1S/C25H28/c1-8-10-20(6)25(24-15-18(4)13-14-19(24)5)21(7)23-12-9-11-22(16-23)17(2)3/h8-16H,1-2H2,3-7H3/b20-10-,25-21-. The van der Waals surface area contributed by atoms with Gasteiger partial charge in [-0.1, -0.05) is 72.8 Å². The molecule has 0 aliphatic rings. The van der Waals surface area contributed by atoms with Crippen molar-refractivity contribution in [2.45, 2.75) is 34.6 Å². The van der Waals surface area contributed by atoms with Gasteiger partial charge in [-0.2, -0.15) is 0 Å². The van der Waals surface area contributed by atoms with Gasteiger partial charge >= 0.3 is 0 Å². The van der Waals surface area contributed by atoms with E-state index in [0.29, 0.717) is 0 Å². The van der Waals surface area contributed by atoms with Crippen molar-refractivity contribution in [3.05, 3.63) is 101 Å². The summed E-state index contributed by atoms with van der Waals surface area (Å²) in [5.41, 5.74) is 11.1. The summed E-state index contributed by atoms with van der Waals surface area (Å²) >= 11 is 0. The predicted octanol–water partition coefficient (Wildman–Crippen LogP) is 7.40. The lowest BCUT2D eigenvalue weighted by atomic mass is 9.87. The van der Waals surface area contributed by atoms with Crippen molar-refractivity contribution in [3.8, 4) is 0 Å². The summed E-state index contributed by atoms with van der Waals surface area (Å²) in [4.78, 5) is 0. The molecule has 2 aromatic rings. The molecule has 0 saturated carbocycles. The SMILES string of the molecule is C=C/C=C(C)\C(=C(/C)c1cccc(C(=C)C)c1)c1cc(C)ccc1C. The first-order valence-corrected chi connectivity index (χ1v) is 8.69. The second kappa shape index (κ2) is 7.98. The van der Waals surface area contributed by atoms with E-state index in [4.69, 9.17) is 0 Å². The molecule has 0 aromatic heterocycles. The van der Waals surface area contributed by atoms with Crippen LogP contribution in [0, 0.1) is 13.8 Å². The summed E-state index contributed by atoms with van der Waals surface area (Å²) < 4.78 is 0. The highest BCUT2D eigenvalue weighted by molar-refractivity contribution is 5.98. The molecule has 0 heteroatoms. The Balaban J connectivity index is 2.78. The molecular weight excluding hydrogens is 300 g/mol. The van der Waals surface area contributed by atoms with Crippen molar-refractivity contribution in [1.29, 1.82) is 0 Å². The molecule has 0 fully saturated rings. The predicted molar refractivity (Wildman–Crippen MR) is 114 cm³/mol. The van der Waals surface area contributed by atoms with Crippen LogP contribution in [0.15, 0.2) is 73.3 Å². The van der Waals surface area contributed by atoms with Crippen molar-refractivity contribution < 1.29 is 0 Å². The molecule has 0 radical (unpaired) electrons. The van der Waals surface area contributed by atoms with E-state index in [-0.39, 0.29) is 0 Å². The van der Waals surface area contributed by atoms with Gasteiger partial charge in [-0.05, 0) is 79.7 Å². The first-order valence-electron chi connectivity index (χ1n) is 8.69. The van der Waals surface area contributed by atoms with E-state index in [1.165, 1.54) is 44.5 Å². The van der Waals surface area contributed by atoms with E-state index in [1.807, 2.05) is 13.0 Å². The third-order valence-corrected chi connectivity index (χ3v) is 4.59. The fraction of sp³-hybridized carbons (Fsp3) is 0.200. The minimum Gasteiger partial charge on any atom is -0.0991 e. The number of benzene rings is 2. The van der Waals surface area contributed by atoms with Gasteiger partial charge in [0, 0.05) is 0 Å². The maximum atomic E-state index is 4.08. The largest absolute Gasteiger partial charge is 0.0991 e. The number of hydrogen-bond donors (Lipinski definition) is 0. The van der Waals surface area contributed by atoms with Gasteiger partial charge in [-0.3, -0.25) is 0 Å². The maximum absolute atomic E-state index is 4.08. The zero-order chi connectivity index (χ0) is 18.6. The van der Waals surface area contributed by atoms with Gasteiger partial charge in [0.25, 0.3) is 0 Å². The molecule has 0 saturated heterocycles. The van der Waals surface area contributed by atoms with E-state index in [1.54, 1.807) is 0 Å². The highest BCUT2D eigenvalue weighted by Gasteiger charge is 2.13. The van der Waals surface area contributed by atoms with E-state index < -0.39 is 0 Å². The smallest absolute Gasteiger partial charge is 0.0117 e. The second-order valence-electron chi connectivity index (χ2n) is 6.76. The molecule has 25 heavy (non-hydrogen) atoms. The molecule has 2 aromatic carbocycles. The highest BCUT2D eigenvalue weighted by atomic mass is 14.2. The summed E-state index contributed by atoms with van der Waals surface area (Å²) in [5, 5.41) is 0. The maximum Gasteiger partial charge on any atom is -0.0117 e. The summed E-state index contributed by atoms with van der Waals surface area (Å²) in [7, 11) is 0. The van der Waals surface area contributed by atoms with Crippen LogP contribution in [0.1, 0.15) is 48.6 Å². The molecule has 0 N–H and O–H groups in total. The Bertz CT molecular complexity index is 873. The Labute approximate surface area is 152 Å². The average molecular weight is 328 g/mol. The number of hydrogen-bond acceptors (Lipinski definition) is 0. The Morgan fingerprint density at radius 3 is 2.24 bits per heavy atom. The van der Waals surface area contributed by atoms with E-state index in [0.717, 1.165) is 5.57 Å². The molecule has 0 amide bonds. The lowest BCUT2D eigenvalue weighted by Gasteiger charge is -2.18. The molecule has 0 aliphatic heterocycles. The van der Waals surface area contributed by atoms with E-state index in [2.05, 4.69) is 89.4 Å². The Kier molecular flexibility index (Phi) is 5.98. The topological polar surface area (TPSA) is 0 Å². The third kappa shape index (κ3) is 4.28. The lowest BCUT2D eigenvalue weighted by Crippen LogP contribution is -1.96. The molecule has 0 spiro atoms. The molecule has 0 bridgehead atoms. The van der Waals surface area contributed by atoms with Crippen molar-refractivity contribution in [3.63, 3.8) is 0 Å². The number of aryl methyl sites for hydroxylation is 2. The first-order chi connectivity index (χ1) is 11.8. The van der Waals surface area contributed by atoms with Crippen LogP contribution in [-0.4, -0.2) is 0 Å². The van der Waals surface area contributed by atoms with Gasteiger partial charge in [0.05, 0.1) is 0 Å². The lowest BCUT2D eigenvalue weighted by molar-refractivity contribution is 1.34. The van der Waals surface area contributed by atoms with Crippen LogP contribution in [0.5, 0.6) is 0 Å².